The highest BCUT2D eigenvalue weighted by atomic mass is 16.2. The fraction of sp³-hybridized carbons (Fsp3) is 0.455. The molecule has 5 nitrogen and oxygen atoms in total. The molecule has 0 saturated carbocycles. The molecule has 1 unspecified atom stereocenters. The van der Waals surface area contributed by atoms with E-state index in [0.717, 1.165) is 49.2 Å². The summed E-state index contributed by atoms with van der Waals surface area (Å²) < 4.78 is 4.44. The summed E-state index contributed by atoms with van der Waals surface area (Å²) in [5.41, 5.74) is 2.18. The number of likely N-dealkylation sites (tertiary alicyclic amines) is 1. The largest absolute Gasteiger partial charge is 0.354 e. The molecule has 27 heavy (non-hydrogen) atoms. The number of amides is 1. The van der Waals surface area contributed by atoms with Gasteiger partial charge < -0.3 is 14.0 Å². The van der Waals surface area contributed by atoms with Crippen LogP contribution in [0.5, 0.6) is 0 Å². The normalized spacial score (nSPS) is 17.3. The molecule has 0 radical (unpaired) electrons. The fourth-order valence-corrected chi connectivity index (χ4v) is 4.25. The molecule has 142 valence electrons. The summed E-state index contributed by atoms with van der Waals surface area (Å²) in [6.45, 7) is 6.11. The topological polar surface area (TPSA) is 43.1 Å². The van der Waals surface area contributed by atoms with Crippen molar-refractivity contribution in [3.05, 3.63) is 54.6 Å². The van der Waals surface area contributed by atoms with Gasteiger partial charge in [0.2, 0.25) is 5.91 Å². The predicted octanol–water partition coefficient (Wildman–Crippen LogP) is 4.56. The summed E-state index contributed by atoms with van der Waals surface area (Å²) in [5, 5.41) is 0. The van der Waals surface area contributed by atoms with Crippen molar-refractivity contribution in [3.8, 4) is 0 Å². The molecule has 1 aliphatic rings. The van der Waals surface area contributed by atoms with Crippen molar-refractivity contribution in [3.63, 3.8) is 0 Å². The Morgan fingerprint density at radius 2 is 1.96 bits per heavy atom. The van der Waals surface area contributed by atoms with Crippen LogP contribution in [0.2, 0.25) is 0 Å². The summed E-state index contributed by atoms with van der Waals surface area (Å²) >= 11 is 0. The van der Waals surface area contributed by atoms with Crippen LogP contribution in [0.25, 0.3) is 11.0 Å². The lowest BCUT2D eigenvalue weighted by atomic mass is 10.1. The van der Waals surface area contributed by atoms with Gasteiger partial charge in [0.15, 0.2) is 0 Å². The van der Waals surface area contributed by atoms with Gasteiger partial charge in [-0.15, -0.1) is 0 Å². The number of rotatable bonds is 6. The van der Waals surface area contributed by atoms with E-state index in [1.807, 2.05) is 30.6 Å². The highest BCUT2D eigenvalue weighted by Gasteiger charge is 2.33. The summed E-state index contributed by atoms with van der Waals surface area (Å²) in [4.78, 5) is 19.9. The van der Waals surface area contributed by atoms with Crippen molar-refractivity contribution < 1.29 is 4.79 Å². The van der Waals surface area contributed by atoms with E-state index in [2.05, 4.69) is 46.1 Å². The number of para-hydroxylation sites is 2. The number of aromatic nitrogens is 3. The molecule has 0 spiro atoms. The number of fused-ring (bicyclic) bond motifs is 1. The van der Waals surface area contributed by atoms with Gasteiger partial charge in [-0.2, -0.15) is 0 Å². The third kappa shape index (κ3) is 3.51. The maximum Gasteiger partial charge on any atom is 0.223 e. The lowest BCUT2D eigenvalue weighted by molar-refractivity contribution is -0.132. The van der Waals surface area contributed by atoms with E-state index < -0.39 is 0 Å². The monoisotopic (exact) mass is 364 g/mol. The first kappa shape index (κ1) is 17.8. The maximum absolute atomic E-state index is 12.9. The Bertz CT molecular complexity index is 910. The van der Waals surface area contributed by atoms with Gasteiger partial charge in [0, 0.05) is 37.9 Å². The molecule has 0 aliphatic carbocycles. The minimum absolute atomic E-state index is 0.0962. The number of hydrogen-bond acceptors (Lipinski definition) is 2. The summed E-state index contributed by atoms with van der Waals surface area (Å²) in [7, 11) is 0. The lowest BCUT2D eigenvalue weighted by Gasteiger charge is -2.26. The van der Waals surface area contributed by atoms with Crippen molar-refractivity contribution >= 4 is 16.9 Å². The second-order valence-electron chi connectivity index (χ2n) is 7.69. The molecular weight excluding hydrogens is 336 g/mol. The first-order valence-electron chi connectivity index (χ1n) is 10.0. The number of nitrogens with zero attached hydrogens (tertiary/aromatic N) is 4. The van der Waals surface area contributed by atoms with E-state index in [4.69, 9.17) is 4.98 Å². The predicted molar refractivity (Wildman–Crippen MR) is 107 cm³/mol. The zero-order chi connectivity index (χ0) is 18.8. The van der Waals surface area contributed by atoms with Crippen LogP contribution in [0.15, 0.2) is 48.8 Å². The Balaban J connectivity index is 1.53. The van der Waals surface area contributed by atoms with E-state index in [-0.39, 0.29) is 11.9 Å². The molecule has 5 heteroatoms. The number of hydrogen-bond donors (Lipinski definition) is 0. The van der Waals surface area contributed by atoms with Crippen molar-refractivity contribution in [2.75, 3.05) is 6.54 Å². The van der Waals surface area contributed by atoms with Gasteiger partial charge in [-0.3, -0.25) is 4.79 Å². The van der Waals surface area contributed by atoms with Crippen molar-refractivity contribution in [2.45, 2.75) is 58.2 Å². The van der Waals surface area contributed by atoms with Crippen LogP contribution < -0.4 is 0 Å². The molecule has 3 aromatic rings. The quantitative estimate of drug-likeness (QED) is 0.643. The van der Waals surface area contributed by atoms with E-state index in [1.165, 1.54) is 0 Å². The van der Waals surface area contributed by atoms with Crippen molar-refractivity contribution in [2.24, 2.45) is 0 Å². The summed E-state index contributed by atoms with van der Waals surface area (Å²) in [6.07, 6.45) is 7.62. The van der Waals surface area contributed by atoms with Gasteiger partial charge in [-0.25, -0.2) is 4.98 Å². The molecule has 1 aliphatic heterocycles. The molecule has 1 amide bonds. The number of aryl methyl sites for hydroxylation is 1. The second kappa shape index (κ2) is 7.59. The van der Waals surface area contributed by atoms with Crippen LogP contribution in [-0.2, 0) is 11.3 Å². The van der Waals surface area contributed by atoms with Gasteiger partial charge in [0.25, 0.3) is 0 Å². The molecule has 0 bridgehead atoms. The molecule has 2 aromatic heterocycles. The van der Waals surface area contributed by atoms with E-state index in [1.54, 1.807) is 0 Å². The minimum atomic E-state index is 0.0962. The SMILES string of the molecule is CC(C)n1c(C2CCCN2C(=O)CCCn2cccc2)nc2ccccc21. The Hall–Kier alpha value is -2.56. The van der Waals surface area contributed by atoms with Gasteiger partial charge in [0.1, 0.15) is 5.82 Å². The van der Waals surface area contributed by atoms with E-state index >= 15 is 0 Å². The molecule has 1 atom stereocenters. The second-order valence-corrected chi connectivity index (χ2v) is 7.69. The molecule has 4 rings (SSSR count). The lowest BCUT2D eigenvalue weighted by Crippen LogP contribution is -2.32. The Morgan fingerprint density at radius 3 is 2.74 bits per heavy atom. The zero-order valence-corrected chi connectivity index (χ0v) is 16.2. The third-order valence-electron chi connectivity index (χ3n) is 5.48. The highest BCUT2D eigenvalue weighted by Crippen LogP contribution is 2.35. The third-order valence-corrected chi connectivity index (χ3v) is 5.48. The van der Waals surface area contributed by atoms with Crippen LogP contribution in [-0.4, -0.2) is 31.5 Å². The molecule has 0 N–H and O–H groups in total. The molecule has 1 saturated heterocycles. The molecule has 1 fully saturated rings. The van der Waals surface area contributed by atoms with Crippen LogP contribution >= 0.6 is 0 Å². The summed E-state index contributed by atoms with van der Waals surface area (Å²) in [5.74, 6) is 1.30. The minimum Gasteiger partial charge on any atom is -0.354 e. The van der Waals surface area contributed by atoms with Gasteiger partial charge in [0.05, 0.1) is 17.1 Å². The van der Waals surface area contributed by atoms with Gasteiger partial charge >= 0.3 is 0 Å². The van der Waals surface area contributed by atoms with Crippen molar-refractivity contribution in [1.29, 1.82) is 0 Å². The van der Waals surface area contributed by atoms with Crippen LogP contribution in [0.4, 0.5) is 0 Å². The van der Waals surface area contributed by atoms with Gasteiger partial charge in [-0.1, -0.05) is 12.1 Å². The average molecular weight is 364 g/mol. The van der Waals surface area contributed by atoms with Crippen LogP contribution in [0.3, 0.4) is 0 Å². The highest BCUT2D eigenvalue weighted by molar-refractivity contribution is 5.78. The first-order chi connectivity index (χ1) is 13.1. The molecular formula is C22H28N4O. The van der Waals surface area contributed by atoms with E-state index in [0.29, 0.717) is 12.5 Å². The van der Waals surface area contributed by atoms with Gasteiger partial charge in [-0.05, 0) is 57.4 Å². The molecule has 1 aromatic carbocycles. The Kier molecular flexibility index (Phi) is 5.01. The van der Waals surface area contributed by atoms with Crippen LogP contribution in [0, 0.1) is 0 Å². The number of carbonyl (C=O) groups excluding carboxylic acids is 1. The average Bonchev–Trinajstić information content (AvgIpc) is 3.39. The van der Waals surface area contributed by atoms with Crippen LogP contribution in [0.1, 0.15) is 57.4 Å². The number of carbonyl (C=O) groups is 1. The van der Waals surface area contributed by atoms with Crippen molar-refractivity contribution in [1.82, 2.24) is 19.0 Å². The summed E-state index contributed by atoms with van der Waals surface area (Å²) in [6, 6.07) is 12.7. The zero-order valence-electron chi connectivity index (χ0n) is 16.2. The Labute approximate surface area is 160 Å². The Morgan fingerprint density at radius 1 is 1.19 bits per heavy atom. The smallest absolute Gasteiger partial charge is 0.223 e. The fourth-order valence-electron chi connectivity index (χ4n) is 4.25. The molecule has 3 heterocycles. The number of imidazole rings is 1. The standard InChI is InChI=1S/C22H28N4O/c1-17(2)26-19-10-4-3-9-18(19)23-22(26)20-11-7-16-25(20)21(27)12-8-15-24-13-5-6-14-24/h3-6,9-10,13-14,17,20H,7-8,11-12,15-16H2,1-2H3. The number of benzene rings is 1. The maximum atomic E-state index is 12.9. The first-order valence-corrected chi connectivity index (χ1v) is 10.0. The van der Waals surface area contributed by atoms with E-state index in [9.17, 15) is 4.79 Å².